The molecule has 0 spiro atoms. The normalized spacial score (nSPS) is 19.1. The Kier molecular flexibility index (Phi) is 5.57. The maximum Gasteiger partial charge on any atom is 0.249 e. The number of nitrogens with zero attached hydrogens (tertiary/aromatic N) is 1. The number of carbonyl (C=O) groups excluding carboxylic acids is 2. The third-order valence-electron chi connectivity index (χ3n) is 3.50. The number of ether oxygens (including phenoxy) is 1. The molecule has 118 valence electrons. The monoisotopic (exact) mass is 322 g/mol. The zero-order valence-corrected chi connectivity index (χ0v) is 13.2. The van der Waals surface area contributed by atoms with Crippen molar-refractivity contribution in [2.75, 3.05) is 18.1 Å². The van der Waals surface area contributed by atoms with Crippen LogP contribution in [0.1, 0.15) is 13.3 Å². The summed E-state index contributed by atoms with van der Waals surface area (Å²) in [6.07, 6.45) is 1.49. The quantitative estimate of drug-likeness (QED) is 0.816. The molecule has 22 heavy (non-hydrogen) atoms. The molecule has 2 rings (SSSR count). The van der Waals surface area contributed by atoms with Crippen molar-refractivity contribution in [2.45, 2.75) is 25.5 Å². The van der Waals surface area contributed by atoms with Crippen LogP contribution in [0.2, 0.25) is 5.02 Å². The molecule has 1 aromatic rings. The lowest BCUT2D eigenvalue weighted by molar-refractivity contribution is -0.134. The van der Waals surface area contributed by atoms with Crippen molar-refractivity contribution in [1.82, 2.24) is 5.32 Å². The lowest BCUT2D eigenvalue weighted by Gasteiger charge is -2.19. The van der Waals surface area contributed by atoms with E-state index in [2.05, 4.69) is 11.9 Å². The molecule has 1 aliphatic rings. The summed E-state index contributed by atoms with van der Waals surface area (Å²) in [5.74, 6) is -0.460. The van der Waals surface area contributed by atoms with Gasteiger partial charge in [-0.25, -0.2) is 0 Å². The average Bonchev–Trinajstić information content (AvgIpc) is 2.86. The van der Waals surface area contributed by atoms with E-state index >= 15 is 0 Å². The second-order valence-electron chi connectivity index (χ2n) is 5.06. The summed E-state index contributed by atoms with van der Waals surface area (Å²) in [6.45, 7) is 5.99. The molecule has 2 amide bonds. The number of amides is 2. The van der Waals surface area contributed by atoms with E-state index in [0.29, 0.717) is 30.3 Å². The fraction of sp³-hybridized carbons (Fsp3) is 0.375. The van der Waals surface area contributed by atoms with E-state index < -0.39 is 12.1 Å². The molecule has 5 nitrogen and oxygen atoms in total. The third-order valence-corrected chi connectivity index (χ3v) is 3.82. The Balaban J connectivity index is 1.98. The molecule has 6 heteroatoms. The van der Waals surface area contributed by atoms with Gasteiger partial charge in [0.05, 0.1) is 17.3 Å². The van der Waals surface area contributed by atoms with E-state index in [4.69, 9.17) is 16.3 Å². The van der Waals surface area contributed by atoms with E-state index in [9.17, 15) is 9.59 Å². The van der Waals surface area contributed by atoms with E-state index in [1.165, 1.54) is 0 Å². The van der Waals surface area contributed by atoms with Crippen molar-refractivity contribution in [3.63, 3.8) is 0 Å². The fourth-order valence-corrected chi connectivity index (χ4v) is 2.54. The topological polar surface area (TPSA) is 58.6 Å². The van der Waals surface area contributed by atoms with E-state index in [0.717, 1.165) is 0 Å². The van der Waals surface area contributed by atoms with E-state index in [-0.39, 0.29) is 11.8 Å². The number of para-hydroxylation sites is 1. The standard InChI is InChI=1S/C16H19ClN2O3/c1-3-10-22-11(2)15(20)18-13-8-9-19(16(13)21)14-7-5-4-6-12(14)17/h3-7,11,13H,1,8-10H2,2H3,(H,18,20)/t11-,13-/m0/s1. The maximum absolute atomic E-state index is 12.4. The molecule has 1 aromatic carbocycles. The van der Waals surface area contributed by atoms with Gasteiger partial charge in [0.2, 0.25) is 11.8 Å². The molecular weight excluding hydrogens is 304 g/mol. The van der Waals surface area contributed by atoms with Crippen LogP contribution in [0.15, 0.2) is 36.9 Å². The molecule has 1 N–H and O–H groups in total. The molecule has 0 aromatic heterocycles. The molecule has 0 radical (unpaired) electrons. The van der Waals surface area contributed by atoms with Crippen molar-refractivity contribution >= 4 is 29.1 Å². The third kappa shape index (κ3) is 3.67. The molecule has 1 saturated heterocycles. The second-order valence-corrected chi connectivity index (χ2v) is 5.46. The Bertz CT molecular complexity index is 576. The maximum atomic E-state index is 12.4. The van der Waals surface area contributed by atoms with Crippen LogP contribution in [0.3, 0.4) is 0 Å². The van der Waals surface area contributed by atoms with Crippen molar-refractivity contribution in [1.29, 1.82) is 0 Å². The van der Waals surface area contributed by atoms with Gasteiger partial charge in [0.1, 0.15) is 12.1 Å². The van der Waals surface area contributed by atoms with Crippen LogP contribution in [-0.2, 0) is 14.3 Å². The smallest absolute Gasteiger partial charge is 0.249 e. The van der Waals surface area contributed by atoms with Gasteiger partial charge in [-0.2, -0.15) is 0 Å². The molecule has 1 fully saturated rings. The number of halogens is 1. The number of benzene rings is 1. The first-order valence-electron chi connectivity index (χ1n) is 7.13. The largest absolute Gasteiger partial charge is 0.365 e. The average molecular weight is 323 g/mol. The van der Waals surface area contributed by atoms with Crippen molar-refractivity contribution < 1.29 is 14.3 Å². The van der Waals surface area contributed by atoms with Crippen LogP contribution >= 0.6 is 11.6 Å². The van der Waals surface area contributed by atoms with Gasteiger partial charge in [0.25, 0.3) is 0 Å². The van der Waals surface area contributed by atoms with Crippen molar-refractivity contribution in [2.24, 2.45) is 0 Å². The van der Waals surface area contributed by atoms with E-state index in [1.54, 1.807) is 30.0 Å². The first-order valence-corrected chi connectivity index (χ1v) is 7.51. The van der Waals surface area contributed by atoms with Crippen LogP contribution in [0.4, 0.5) is 5.69 Å². The summed E-state index contributed by atoms with van der Waals surface area (Å²) in [5.41, 5.74) is 0.668. The van der Waals surface area contributed by atoms with Gasteiger partial charge in [0, 0.05) is 6.54 Å². The lowest BCUT2D eigenvalue weighted by atomic mass is 10.2. The van der Waals surface area contributed by atoms with Crippen LogP contribution in [-0.4, -0.2) is 37.1 Å². The highest BCUT2D eigenvalue weighted by atomic mass is 35.5. The summed E-state index contributed by atoms with van der Waals surface area (Å²) in [6, 6.07) is 6.62. The number of hydrogen-bond acceptors (Lipinski definition) is 3. The number of nitrogens with one attached hydrogen (secondary N) is 1. The summed E-state index contributed by atoms with van der Waals surface area (Å²) >= 11 is 6.12. The minimum absolute atomic E-state index is 0.155. The summed E-state index contributed by atoms with van der Waals surface area (Å²) in [4.78, 5) is 26.0. The Morgan fingerprint density at radius 3 is 3.00 bits per heavy atom. The first-order chi connectivity index (χ1) is 10.5. The molecule has 0 bridgehead atoms. The summed E-state index contributed by atoms with van der Waals surface area (Å²) in [7, 11) is 0. The molecule has 1 aliphatic heterocycles. The molecule has 2 atom stereocenters. The van der Waals surface area contributed by atoms with Gasteiger partial charge >= 0.3 is 0 Å². The van der Waals surface area contributed by atoms with E-state index in [1.807, 2.05) is 12.1 Å². The van der Waals surface area contributed by atoms with Gasteiger partial charge in [-0.05, 0) is 25.5 Å². The SMILES string of the molecule is C=CCO[C@@H](C)C(=O)N[C@H]1CCN(c2ccccc2Cl)C1=O. The Labute approximate surface area is 134 Å². The molecular formula is C16H19ClN2O3. The van der Waals surface area contributed by atoms with Crippen molar-refractivity contribution in [3.05, 3.63) is 41.9 Å². The Morgan fingerprint density at radius 1 is 1.59 bits per heavy atom. The predicted molar refractivity (Wildman–Crippen MR) is 86.0 cm³/mol. The summed E-state index contributed by atoms with van der Waals surface area (Å²) < 4.78 is 5.25. The lowest BCUT2D eigenvalue weighted by Crippen LogP contribution is -2.45. The Morgan fingerprint density at radius 2 is 2.32 bits per heavy atom. The zero-order chi connectivity index (χ0) is 16.1. The highest BCUT2D eigenvalue weighted by molar-refractivity contribution is 6.34. The van der Waals surface area contributed by atoms with Crippen LogP contribution < -0.4 is 10.2 Å². The molecule has 1 heterocycles. The number of anilines is 1. The minimum atomic E-state index is -0.625. The zero-order valence-electron chi connectivity index (χ0n) is 12.4. The van der Waals surface area contributed by atoms with Crippen LogP contribution in [0.5, 0.6) is 0 Å². The number of rotatable bonds is 6. The fourth-order valence-electron chi connectivity index (χ4n) is 2.30. The Hall–Kier alpha value is -1.85. The minimum Gasteiger partial charge on any atom is -0.365 e. The second kappa shape index (κ2) is 7.42. The number of carbonyl (C=O) groups is 2. The highest BCUT2D eigenvalue weighted by Crippen LogP contribution is 2.28. The van der Waals surface area contributed by atoms with Crippen molar-refractivity contribution in [3.8, 4) is 0 Å². The predicted octanol–water partition coefficient (Wildman–Crippen LogP) is 2.15. The van der Waals surface area contributed by atoms with Gasteiger partial charge in [-0.15, -0.1) is 6.58 Å². The summed E-state index contributed by atoms with van der Waals surface area (Å²) in [5, 5.41) is 3.24. The van der Waals surface area contributed by atoms with Gasteiger partial charge in [0.15, 0.2) is 0 Å². The van der Waals surface area contributed by atoms with Crippen LogP contribution in [0.25, 0.3) is 0 Å². The molecule has 0 aliphatic carbocycles. The van der Waals surface area contributed by atoms with Gasteiger partial charge in [-0.1, -0.05) is 29.8 Å². The van der Waals surface area contributed by atoms with Gasteiger partial charge < -0.3 is 15.0 Å². The molecule has 0 saturated carbocycles. The molecule has 0 unspecified atom stereocenters. The highest BCUT2D eigenvalue weighted by Gasteiger charge is 2.35. The van der Waals surface area contributed by atoms with Gasteiger partial charge in [-0.3, -0.25) is 9.59 Å². The number of hydrogen-bond donors (Lipinski definition) is 1. The van der Waals surface area contributed by atoms with Crippen LogP contribution in [0, 0.1) is 0 Å². The first kappa shape index (κ1) is 16.5.